The third kappa shape index (κ3) is 3.72. The van der Waals surface area contributed by atoms with Crippen molar-refractivity contribution in [2.45, 2.75) is 33.2 Å². The molecule has 0 fully saturated rings. The molecule has 6 nitrogen and oxygen atoms in total. The smallest absolute Gasteiger partial charge is 0.310 e. The Morgan fingerprint density at radius 3 is 2.41 bits per heavy atom. The molecule has 116 valence electrons. The number of hydrogen-bond acceptors (Lipinski definition) is 3. The van der Waals surface area contributed by atoms with Crippen LogP contribution in [0.4, 0.5) is 5.69 Å². The molecule has 2 aromatic rings. The van der Waals surface area contributed by atoms with Crippen LogP contribution < -0.4 is 5.32 Å². The molecular formula is C16H19N3O3. The third-order valence-electron chi connectivity index (χ3n) is 3.46. The van der Waals surface area contributed by atoms with Gasteiger partial charge in [0.15, 0.2) is 0 Å². The van der Waals surface area contributed by atoms with Crippen molar-refractivity contribution in [2.24, 2.45) is 0 Å². The molecule has 2 rings (SSSR count). The Bertz CT molecular complexity index is 689. The standard InChI is InChI=1S/C16H19N3O3/c1-10-8-11(2)19(18-10)9-15(20)17-14-6-4-13(5-7-14)12(3)16(21)22/h4-8,12H,9H2,1-3H3,(H,17,20)(H,21,22)/t12-/m0/s1. The van der Waals surface area contributed by atoms with Crippen molar-refractivity contribution in [2.75, 3.05) is 5.32 Å². The van der Waals surface area contributed by atoms with Crippen molar-refractivity contribution in [3.05, 3.63) is 47.3 Å². The van der Waals surface area contributed by atoms with Crippen LogP contribution in [0.1, 0.15) is 29.8 Å². The molecule has 0 aliphatic rings. The van der Waals surface area contributed by atoms with Gasteiger partial charge in [-0.25, -0.2) is 0 Å². The van der Waals surface area contributed by atoms with E-state index in [9.17, 15) is 9.59 Å². The summed E-state index contributed by atoms with van der Waals surface area (Å²) in [4.78, 5) is 22.9. The number of amides is 1. The van der Waals surface area contributed by atoms with Crippen LogP contribution in [0.2, 0.25) is 0 Å². The Labute approximate surface area is 128 Å². The second-order valence-corrected chi connectivity index (χ2v) is 5.31. The molecule has 2 N–H and O–H groups in total. The lowest BCUT2D eigenvalue weighted by Crippen LogP contribution is -2.20. The van der Waals surface area contributed by atoms with Crippen molar-refractivity contribution in [1.29, 1.82) is 0 Å². The zero-order valence-corrected chi connectivity index (χ0v) is 12.8. The molecule has 1 heterocycles. The van der Waals surface area contributed by atoms with Gasteiger partial charge in [-0.2, -0.15) is 5.10 Å². The lowest BCUT2D eigenvalue weighted by Gasteiger charge is -2.09. The van der Waals surface area contributed by atoms with Gasteiger partial charge in [-0.3, -0.25) is 14.3 Å². The van der Waals surface area contributed by atoms with Crippen LogP contribution >= 0.6 is 0 Å². The van der Waals surface area contributed by atoms with Gasteiger partial charge in [0.05, 0.1) is 11.6 Å². The molecule has 0 radical (unpaired) electrons. The number of carboxylic acid groups (broad SMARTS) is 1. The van der Waals surface area contributed by atoms with E-state index in [4.69, 9.17) is 5.11 Å². The van der Waals surface area contributed by atoms with Crippen LogP contribution in [0.5, 0.6) is 0 Å². The normalized spacial score (nSPS) is 12.0. The Morgan fingerprint density at radius 1 is 1.27 bits per heavy atom. The van der Waals surface area contributed by atoms with E-state index in [0.717, 1.165) is 11.4 Å². The minimum Gasteiger partial charge on any atom is -0.481 e. The van der Waals surface area contributed by atoms with E-state index < -0.39 is 11.9 Å². The number of rotatable bonds is 5. The third-order valence-corrected chi connectivity index (χ3v) is 3.46. The molecular weight excluding hydrogens is 282 g/mol. The van der Waals surface area contributed by atoms with E-state index in [1.807, 2.05) is 19.9 Å². The highest BCUT2D eigenvalue weighted by molar-refractivity contribution is 5.90. The number of nitrogens with one attached hydrogen (secondary N) is 1. The number of hydrogen-bond donors (Lipinski definition) is 2. The quantitative estimate of drug-likeness (QED) is 0.887. The van der Waals surface area contributed by atoms with Crippen molar-refractivity contribution in [1.82, 2.24) is 9.78 Å². The first-order chi connectivity index (χ1) is 10.4. The average molecular weight is 301 g/mol. The van der Waals surface area contributed by atoms with E-state index in [2.05, 4.69) is 10.4 Å². The summed E-state index contributed by atoms with van der Waals surface area (Å²) in [6.07, 6.45) is 0. The first-order valence-electron chi connectivity index (χ1n) is 7.00. The van der Waals surface area contributed by atoms with Gasteiger partial charge in [-0.1, -0.05) is 12.1 Å². The first-order valence-corrected chi connectivity index (χ1v) is 7.00. The summed E-state index contributed by atoms with van der Waals surface area (Å²) < 4.78 is 1.64. The fraction of sp³-hybridized carbons (Fsp3) is 0.312. The molecule has 0 spiro atoms. The molecule has 1 aromatic heterocycles. The number of carbonyl (C=O) groups excluding carboxylic acids is 1. The summed E-state index contributed by atoms with van der Waals surface area (Å²) in [7, 11) is 0. The molecule has 0 unspecified atom stereocenters. The molecule has 1 atom stereocenters. The fourth-order valence-corrected chi connectivity index (χ4v) is 2.17. The molecule has 1 amide bonds. The molecule has 0 aliphatic heterocycles. The van der Waals surface area contributed by atoms with Gasteiger partial charge in [-0.15, -0.1) is 0 Å². The highest BCUT2D eigenvalue weighted by Crippen LogP contribution is 2.18. The summed E-state index contributed by atoms with van der Waals surface area (Å²) in [5.74, 6) is -1.62. The summed E-state index contributed by atoms with van der Waals surface area (Å²) in [5.41, 5.74) is 3.13. The van der Waals surface area contributed by atoms with Crippen LogP contribution in [-0.4, -0.2) is 26.8 Å². The molecule has 0 saturated carbocycles. The van der Waals surface area contributed by atoms with Crippen LogP contribution in [0, 0.1) is 13.8 Å². The van der Waals surface area contributed by atoms with Crippen LogP contribution in [0.25, 0.3) is 0 Å². The van der Waals surface area contributed by atoms with Crippen LogP contribution in [-0.2, 0) is 16.1 Å². The Morgan fingerprint density at radius 2 is 1.91 bits per heavy atom. The largest absolute Gasteiger partial charge is 0.481 e. The van der Waals surface area contributed by atoms with Gasteiger partial charge in [0.2, 0.25) is 5.91 Å². The zero-order valence-electron chi connectivity index (χ0n) is 12.8. The SMILES string of the molecule is Cc1cc(C)n(CC(=O)Nc2ccc([C@H](C)C(=O)O)cc2)n1. The number of carboxylic acids is 1. The fourth-order valence-electron chi connectivity index (χ4n) is 2.17. The molecule has 0 aliphatic carbocycles. The van der Waals surface area contributed by atoms with Crippen molar-refractivity contribution >= 4 is 17.6 Å². The van der Waals surface area contributed by atoms with Crippen molar-refractivity contribution in [3.63, 3.8) is 0 Å². The predicted molar refractivity (Wildman–Crippen MR) is 82.8 cm³/mol. The number of aliphatic carboxylic acids is 1. The minimum atomic E-state index is -0.874. The topological polar surface area (TPSA) is 84.2 Å². The van der Waals surface area contributed by atoms with Crippen LogP contribution in [0.15, 0.2) is 30.3 Å². The summed E-state index contributed by atoms with van der Waals surface area (Å²) in [6.45, 7) is 5.55. The zero-order chi connectivity index (χ0) is 16.3. The number of aromatic nitrogens is 2. The number of benzene rings is 1. The molecule has 0 saturated heterocycles. The monoisotopic (exact) mass is 301 g/mol. The van der Waals surface area contributed by atoms with Crippen molar-refractivity contribution in [3.8, 4) is 0 Å². The van der Waals surface area contributed by atoms with Gasteiger partial charge in [0, 0.05) is 11.4 Å². The van der Waals surface area contributed by atoms with Crippen molar-refractivity contribution < 1.29 is 14.7 Å². The number of aryl methyl sites for hydroxylation is 2. The second kappa shape index (κ2) is 6.43. The predicted octanol–water partition coefficient (Wildman–Crippen LogP) is 2.33. The molecule has 22 heavy (non-hydrogen) atoms. The maximum atomic E-state index is 12.0. The highest BCUT2D eigenvalue weighted by atomic mass is 16.4. The Hall–Kier alpha value is -2.63. The van der Waals surface area contributed by atoms with E-state index in [1.54, 1.807) is 35.9 Å². The van der Waals surface area contributed by atoms with Gasteiger partial charge in [0.25, 0.3) is 0 Å². The van der Waals surface area contributed by atoms with E-state index in [-0.39, 0.29) is 12.5 Å². The number of anilines is 1. The van der Waals surface area contributed by atoms with Gasteiger partial charge >= 0.3 is 5.97 Å². The molecule has 1 aromatic carbocycles. The van der Waals surface area contributed by atoms with E-state index >= 15 is 0 Å². The van der Waals surface area contributed by atoms with Gasteiger partial charge in [0.1, 0.15) is 6.54 Å². The van der Waals surface area contributed by atoms with E-state index in [0.29, 0.717) is 11.3 Å². The lowest BCUT2D eigenvalue weighted by molar-refractivity contribution is -0.138. The second-order valence-electron chi connectivity index (χ2n) is 5.31. The minimum absolute atomic E-state index is 0.146. The number of nitrogens with zero attached hydrogens (tertiary/aromatic N) is 2. The van der Waals surface area contributed by atoms with E-state index in [1.165, 1.54) is 0 Å². The first kappa shape index (κ1) is 15.8. The van der Waals surface area contributed by atoms with Crippen LogP contribution in [0.3, 0.4) is 0 Å². The highest BCUT2D eigenvalue weighted by Gasteiger charge is 2.13. The Balaban J connectivity index is 2.00. The number of carbonyl (C=O) groups is 2. The maximum Gasteiger partial charge on any atom is 0.310 e. The van der Waals surface area contributed by atoms with Gasteiger partial charge in [-0.05, 0) is 44.5 Å². The van der Waals surface area contributed by atoms with Gasteiger partial charge < -0.3 is 10.4 Å². The Kier molecular flexibility index (Phi) is 4.60. The summed E-state index contributed by atoms with van der Waals surface area (Å²) >= 11 is 0. The summed E-state index contributed by atoms with van der Waals surface area (Å²) in [6, 6.07) is 8.73. The lowest BCUT2D eigenvalue weighted by atomic mass is 10.0. The summed E-state index contributed by atoms with van der Waals surface area (Å²) in [5, 5.41) is 16.0. The maximum absolute atomic E-state index is 12.0. The average Bonchev–Trinajstić information content (AvgIpc) is 2.76. The molecule has 0 bridgehead atoms. The molecule has 6 heteroatoms.